The fraction of sp³-hybridized carbons (Fsp3) is 0.200. The van der Waals surface area contributed by atoms with Crippen LogP contribution in [0.25, 0.3) is 0 Å². The molecule has 0 aromatic rings. The van der Waals surface area contributed by atoms with E-state index in [9.17, 15) is 9.59 Å². The zero-order chi connectivity index (χ0) is 5.70. The Kier molecular flexibility index (Phi) is 2.62. The van der Waals surface area contributed by atoms with E-state index < -0.39 is 0 Å². The van der Waals surface area contributed by atoms with Crippen molar-refractivity contribution in [3.05, 3.63) is 11.8 Å². The molecule has 0 radical (unpaired) electrons. The summed E-state index contributed by atoms with van der Waals surface area (Å²) in [6.07, 6.45) is 1.03. The number of rotatable bonds is 1. The lowest BCUT2D eigenvalue weighted by atomic mass is 10.4. The molecular formula is C5H4O2. The van der Waals surface area contributed by atoms with Gasteiger partial charge in [0, 0.05) is 6.08 Å². The maximum absolute atomic E-state index is 9.91. The van der Waals surface area contributed by atoms with Crippen LogP contribution in [0.1, 0.15) is 6.92 Å². The van der Waals surface area contributed by atoms with Gasteiger partial charge >= 0.3 is 0 Å². The fourth-order valence-electron chi connectivity index (χ4n) is 0.131. The van der Waals surface area contributed by atoms with Gasteiger partial charge in [-0.15, -0.1) is 0 Å². The van der Waals surface area contributed by atoms with Gasteiger partial charge in [-0.2, -0.15) is 0 Å². The minimum absolute atomic E-state index is 0.191. The molecule has 0 aliphatic heterocycles. The molecule has 0 bridgehead atoms. The summed E-state index contributed by atoms with van der Waals surface area (Å²) < 4.78 is 0. The van der Waals surface area contributed by atoms with Gasteiger partial charge in [0.25, 0.3) is 0 Å². The highest BCUT2D eigenvalue weighted by atomic mass is 16.1. The maximum Gasteiger partial charge on any atom is 0.177 e. The van der Waals surface area contributed by atoms with Crippen LogP contribution >= 0.6 is 0 Å². The minimum Gasteiger partial charge on any atom is -0.294 e. The first-order valence-corrected chi connectivity index (χ1v) is 1.74. The number of carbonyl (C=O) groups excluding carboxylic acids is 2. The quantitative estimate of drug-likeness (QED) is 0.264. The molecule has 0 saturated heterocycles. The van der Waals surface area contributed by atoms with E-state index in [0.29, 0.717) is 0 Å². The molecule has 2 heteroatoms. The van der Waals surface area contributed by atoms with Crippen LogP contribution in [-0.4, -0.2) is 11.7 Å². The summed E-state index contributed by atoms with van der Waals surface area (Å²) in [4.78, 5) is 19.2. The molecule has 0 N–H and O–H groups in total. The number of ketones is 1. The highest BCUT2D eigenvalue weighted by molar-refractivity contribution is 5.87. The lowest BCUT2D eigenvalue weighted by Gasteiger charge is -1.62. The summed E-state index contributed by atoms with van der Waals surface area (Å²) >= 11 is 0. The predicted molar refractivity (Wildman–Crippen MR) is 24.5 cm³/mol. The lowest BCUT2D eigenvalue weighted by molar-refractivity contribution is -0.112. The van der Waals surface area contributed by atoms with E-state index in [0.717, 1.165) is 6.08 Å². The average molecular weight is 96.1 g/mol. The molecule has 0 saturated carbocycles. The first kappa shape index (κ1) is 5.90. The van der Waals surface area contributed by atoms with Crippen LogP contribution in [0.5, 0.6) is 0 Å². The number of carbonyl (C=O) groups is 1. The normalized spacial score (nSPS) is 5.86. The summed E-state index contributed by atoms with van der Waals surface area (Å²) in [6.45, 7) is 1.34. The molecule has 0 aromatic carbocycles. The van der Waals surface area contributed by atoms with Crippen LogP contribution in [0.2, 0.25) is 0 Å². The van der Waals surface area contributed by atoms with Crippen molar-refractivity contribution in [1.82, 2.24) is 0 Å². The van der Waals surface area contributed by atoms with Gasteiger partial charge in [-0.3, -0.25) is 4.79 Å². The van der Waals surface area contributed by atoms with Gasteiger partial charge in [0.15, 0.2) is 11.7 Å². The highest BCUT2D eigenvalue weighted by Crippen LogP contribution is 1.63. The van der Waals surface area contributed by atoms with Crippen LogP contribution in [0.4, 0.5) is 0 Å². The molecular weight excluding hydrogens is 92.1 g/mol. The molecule has 0 aliphatic rings. The van der Waals surface area contributed by atoms with E-state index in [1.165, 1.54) is 12.9 Å². The van der Waals surface area contributed by atoms with Crippen molar-refractivity contribution >= 4 is 11.7 Å². The van der Waals surface area contributed by atoms with Crippen LogP contribution in [-0.2, 0) is 9.59 Å². The molecule has 0 aliphatic carbocycles. The fourth-order valence-corrected chi connectivity index (χ4v) is 0.131. The lowest BCUT2D eigenvalue weighted by Crippen LogP contribution is -1.75. The SMILES string of the molecule is CC(=O)C=C=C=O. The molecule has 0 spiro atoms. The Morgan fingerprint density at radius 2 is 2.29 bits per heavy atom. The van der Waals surface area contributed by atoms with Crippen molar-refractivity contribution in [2.75, 3.05) is 0 Å². The van der Waals surface area contributed by atoms with Gasteiger partial charge in [0.1, 0.15) is 0 Å². The summed E-state index contributed by atoms with van der Waals surface area (Å²) in [6, 6.07) is 0. The second-order valence-electron chi connectivity index (χ2n) is 1.00. The van der Waals surface area contributed by atoms with E-state index >= 15 is 0 Å². The maximum atomic E-state index is 9.91. The third-order valence-corrected chi connectivity index (χ3v) is 0.334. The second kappa shape index (κ2) is 3.10. The number of hydrogen-bond donors (Lipinski definition) is 0. The minimum atomic E-state index is -0.191. The molecule has 0 unspecified atom stereocenters. The summed E-state index contributed by atoms with van der Waals surface area (Å²) in [5.41, 5.74) is 1.97. The van der Waals surface area contributed by atoms with Gasteiger partial charge in [-0.1, -0.05) is 0 Å². The summed E-state index contributed by atoms with van der Waals surface area (Å²) in [5, 5.41) is 0. The van der Waals surface area contributed by atoms with Gasteiger partial charge in [0.2, 0.25) is 0 Å². The van der Waals surface area contributed by atoms with E-state index in [1.807, 2.05) is 5.73 Å². The Morgan fingerprint density at radius 3 is 2.43 bits per heavy atom. The molecule has 2 nitrogen and oxygen atoms in total. The van der Waals surface area contributed by atoms with Crippen molar-refractivity contribution in [3.63, 3.8) is 0 Å². The van der Waals surface area contributed by atoms with Crippen LogP contribution < -0.4 is 0 Å². The van der Waals surface area contributed by atoms with Crippen molar-refractivity contribution in [3.8, 4) is 0 Å². The van der Waals surface area contributed by atoms with Crippen molar-refractivity contribution in [2.45, 2.75) is 6.92 Å². The van der Waals surface area contributed by atoms with Gasteiger partial charge < -0.3 is 0 Å². The largest absolute Gasteiger partial charge is 0.294 e. The number of allylic oxidation sites excluding steroid dienone is 1. The standard InChI is InChI=1S/C5H4O2/c1-5(7)3-2-4-6/h3H,1H3. The molecule has 0 heterocycles. The van der Waals surface area contributed by atoms with Crippen LogP contribution in [0.15, 0.2) is 11.8 Å². The average Bonchev–Trinajstić information content (AvgIpc) is 1.61. The van der Waals surface area contributed by atoms with Gasteiger partial charge in [-0.25, -0.2) is 4.79 Å². The van der Waals surface area contributed by atoms with Gasteiger partial charge in [0.05, 0.1) is 0 Å². The second-order valence-corrected chi connectivity index (χ2v) is 1.00. The van der Waals surface area contributed by atoms with Crippen LogP contribution in [0.3, 0.4) is 0 Å². The zero-order valence-electron chi connectivity index (χ0n) is 3.89. The van der Waals surface area contributed by atoms with E-state index in [4.69, 9.17) is 0 Å². The molecule has 0 amide bonds. The Labute approximate surface area is 41.1 Å². The molecule has 0 atom stereocenters. The summed E-state index contributed by atoms with van der Waals surface area (Å²) in [5.74, 6) is 1.13. The Bertz CT molecular complexity index is 145. The smallest absolute Gasteiger partial charge is 0.177 e. The monoisotopic (exact) mass is 96.0 g/mol. The Hall–Kier alpha value is -1.10. The van der Waals surface area contributed by atoms with Crippen molar-refractivity contribution < 1.29 is 9.59 Å². The Morgan fingerprint density at radius 1 is 1.71 bits per heavy atom. The van der Waals surface area contributed by atoms with Gasteiger partial charge in [-0.05, 0) is 12.7 Å². The molecule has 0 rings (SSSR count). The highest BCUT2D eigenvalue weighted by Gasteiger charge is 1.74. The molecule has 7 heavy (non-hydrogen) atoms. The zero-order valence-corrected chi connectivity index (χ0v) is 3.89. The first-order valence-electron chi connectivity index (χ1n) is 1.74. The molecule has 0 aromatic heterocycles. The molecule has 0 fully saturated rings. The van der Waals surface area contributed by atoms with Crippen molar-refractivity contribution in [1.29, 1.82) is 0 Å². The molecule has 36 valence electrons. The topological polar surface area (TPSA) is 34.1 Å². The Balaban J connectivity index is 3.96. The van der Waals surface area contributed by atoms with Crippen LogP contribution in [0, 0.1) is 0 Å². The summed E-state index contributed by atoms with van der Waals surface area (Å²) in [7, 11) is 0. The first-order chi connectivity index (χ1) is 3.27. The van der Waals surface area contributed by atoms with Crippen molar-refractivity contribution in [2.24, 2.45) is 0 Å². The third-order valence-electron chi connectivity index (χ3n) is 0.334. The van der Waals surface area contributed by atoms with E-state index in [2.05, 4.69) is 0 Å². The van der Waals surface area contributed by atoms with E-state index in [1.54, 1.807) is 0 Å². The predicted octanol–water partition coefficient (Wildman–Crippen LogP) is 0.118. The number of hydrogen-bond acceptors (Lipinski definition) is 2. The third kappa shape index (κ3) is 4.90. The van der Waals surface area contributed by atoms with E-state index in [-0.39, 0.29) is 5.78 Å².